The van der Waals surface area contributed by atoms with Gasteiger partial charge in [-0.3, -0.25) is 13.9 Å². The molecule has 1 saturated heterocycles. The number of hydrogen-bond donors (Lipinski definition) is 3. The summed E-state index contributed by atoms with van der Waals surface area (Å²) < 4.78 is 123. The van der Waals surface area contributed by atoms with E-state index in [-0.39, 0.29) is 36.4 Å². The number of nitrogens with zero attached hydrogens (tertiary/aromatic N) is 1. The van der Waals surface area contributed by atoms with E-state index in [4.69, 9.17) is 0 Å². The summed E-state index contributed by atoms with van der Waals surface area (Å²) >= 11 is 0. The number of benzene rings is 2. The molecule has 0 bridgehead atoms. The molecule has 224 valence electrons. The van der Waals surface area contributed by atoms with Gasteiger partial charge in [0.15, 0.2) is 0 Å². The number of fused-ring (bicyclic) bond motifs is 1. The molecule has 0 radical (unpaired) electrons. The maximum Gasteiger partial charge on any atom is 0.430 e. The first-order valence-electron chi connectivity index (χ1n) is 12.3. The van der Waals surface area contributed by atoms with Gasteiger partial charge in [-0.2, -0.15) is 26.3 Å². The number of carbonyl (C=O) groups excluding carboxylic acids is 2. The molecule has 1 fully saturated rings. The maximum atomic E-state index is 13.7. The lowest BCUT2D eigenvalue weighted by Crippen LogP contribution is -2.54. The van der Waals surface area contributed by atoms with Crippen molar-refractivity contribution in [1.29, 1.82) is 0 Å². The molecule has 2 aromatic rings. The number of hydrogen-bond acceptors (Lipinski definition) is 5. The van der Waals surface area contributed by atoms with Crippen molar-refractivity contribution in [3.8, 4) is 0 Å². The summed E-state index contributed by atoms with van der Waals surface area (Å²) in [7, 11) is -4.62. The zero-order valence-corrected chi connectivity index (χ0v) is 21.8. The van der Waals surface area contributed by atoms with Crippen LogP contribution in [0.3, 0.4) is 0 Å². The molecule has 2 aliphatic rings. The predicted octanol–water partition coefficient (Wildman–Crippen LogP) is 3.43. The van der Waals surface area contributed by atoms with Gasteiger partial charge in [0.05, 0.1) is 16.6 Å². The van der Waals surface area contributed by atoms with Gasteiger partial charge in [0, 0.05) is 31.0 Å². The predicted molar refractivity (Wildman–Crippen MR) is 129 cm³/mol. The number of nitrogens with one attached hydrogen (secondary N) is 2. The van der Waals surface area contributed by atoms with Crippen LogP contribution in [0.2, 0.25) is 0 Å². The van der Waals surface area contributed by atoms with Crippen molar-refractivity contribution in [3.05, 3.63) is 59.4 Å². The van der Waals surface area contributed by atoms with Gasteiger partial charge < -0.3 is 15.7 Å². The van der Waals surface area contributed by atoms with E-state index in [1.54, 1.807) is 0 Å². The van der Waals surface area contributed by atoms with E-state index in [0.717, 1.165) is 28.6 Å². The third-order valence-corrected chi connectivity index (χ3v) is 8.92. The molecule has 2 atom stereocenters. The standard InChI is InChI=1S/C25H24F7N3O5S/c26-16-3-6-19(7-4-16)41(39,40)35-18(13-22(37)34-17-9-10-33-21(36)12-17)5-1-14-11-15(2-8-20(14)35)23(38,24(27,28)29)25(30,31)32/h2-4,6-8,11,17-18,38H,1,5,9-10,12-13H2,(H,33,36)(H,34,37)/t17?,18-/m0/s1. The molecule has 4 rings (SSSR count). The van der Waals surface area contributed by atoms with Gasteiger partial charge in [0.2, 0.25) is 11.8 Å². The zero-order valence-electron chi connectivity index (χ0n) is 21.0. The second-order valence-corrected chi connectivity index (χ2v) is 11.6. The fourth-order valence-corrected chi connectivity index (χ4v) is 6.71. The van der Waals surface area contributed by atoms with Crippen molar-refractivity contribution in [3.63, 3.8) is 0 Å². The third kappa shape index (κ3) is 5.84. The van der Waals surface area contributed by atoms with Crippen molar-refractivity contribution >= 4 is 27.5 Å². The normalized spacial score (nSPS) is 20.3. The largest absolute Gasteiger partial charge is 0.430 e. The van der Waals surface area contributed by atoms with Crippen LogP contribution in [0, 0.1) is 5.82 Å². The number of anilines is 1. The average molecular weight is 612 g/mol. The summed E-state index contributed by atoms with van der Waals surface area (Å²) in [5, 5.41) is 15.1. The second kappa shape index (κ2) is 10.8. The van der Waals surface area contributed by atoms with Crippen LogP contribution in [0.25, 0.3) is 0 Å². The molecule has 2 amide bonds. The van der Waals surface area contributed by atoms with Gasteiger partial charge in [-0.05, 0) is 55.2 Å². The highest BCUT2D eigenvalue weighted by Crippen LogP contribution is 2.51. The Hall–Kier alpha value is -3.40. The van der Waals surface area contributed by atoms with E-state index in [2.05, 4.69) is 10.6 Å². The molecule has 0 spiro atoms. The highest BCUT2D eigenvalue weighted by molar-refractivity contribution is 7.92. The van der Waals surface area contributed by atoms with Crippen LogP contribution in [0.1, 0.15) is 36.8 Å². The Morgan fingerprint density at radius 2 is 1.66 bits per heavy atom. The van der Waals surface area contributed by atoms with Gasteiger partial charge in [-0.25, -0.2) is 12.8 Å². The Morgan fingerprint density at radius 1 is 1.02 bits per heavy atom. The summed E-state index contributed by atoms with van der Waals surface area (Å²) in [4.78, 5) is 24.1. The van der Waals surface area contributed by atoms with Crippen molar-refractivity contribution in [1.82, 2.24) is 10.6 Å². The second-order valence-electron chi connectivity index (χ2n) is 9.81. The van der Waals surface area contributed by atoms with E-state index >= 15 is 0 Å². The number of piperidine rings is 1. The van der Waals surface area contributed by atoms with Crippen LogP contribution in [-0.4, -0.2) is 56.3 Å². The SMILES string of the molecule is O=C1CC(NC(=O)C[C@@H]2CCc3cc(C(O)(C(F)(F)F)C(F)(F)F)ccc3N2S(=O)(=O)c2ccc(F)cc2)CCN1. The van der Waals surface area contributed by atoms with E-state index in [1.165, 1.54) is 0 Å². The van der Waals surface area contributed by atoms with Gasteiger partial charge in [0.1, 0.15) is 5.82 Å². The molecule has 2 aliphatic heterocycles. The van der Waals surface area contributed by atoms with Crippen molar-refractivity contribution < 1.29 is 53.8 Å². The molecular formula is C25H24F7N3O5S. The smallest absolute Gasteiger partial charge is 0.369 e. The summed E-state index contributed by atoms with van der Waals surface area (Å²) in [6.07, 6.45) is -12.7. The summed E-state index contributed by atoms with van der Waals surface area (Å²) in [6, 6.07) is 3.39. The van der Waals surface area contributed by atoms with Crippen molar-refractivity contribution in [2.75, 3.05) is 10.8 Å². The lowest BCUT2D eigenvalue weighted by Gasteiger charge is -2.39. The van der Waals surface area contributed by atoms with Crippen molar-refractivity contribution in [2.45, 2.75) is 67.0 Å². The Morgan fingerprint density at radius 3 is 2.24 bits per heavy atom. The minimum Gasteiger partial charge on any atom is -0.369 e. The maximum absolute atomic E-state index is 13.7. The molecule has 0 aromatic heterocycles. The summed E-state index contributed by atoms with van der Waals surface area (Å²) in [6.45, 7) is 0.316. The monoisotopic (exact) mass is 611 g/mol. The Balaban J connectivity index is 1.75. The Bertz CT molecular complexity index is 1410. The number of alkyl halides is 6. The van der Waals surface area contributed by atoms with Crippen LogP contribution < -0.4 is 14.9 Å². The first kappa shape index (κ1) is 30.6. The number of carbonyl (C=O) groups is 2. The molecule has 0 saturated carbocycles. The fraction of sp³-hybridized carbons (Fsp3) is 0.440. The van der Waals surface area contributed by atoms with Crippen LogP contribution in [0.5, 0.6) is 0 Å². The molecular weight excluding hydrogens is 587 g/mol. The molecule has 3 N–H and O–H groups in total. The highest BCUT2D eigenvalue weighted by atomic mass is 32.2. The number of halogens is 7. The first-order valence-corrected chi connectivity index (χ1v) is 13.7. The molecule has 41 heavy (non-hydrogen) atoms. The first-order chi connectivity index (χ1) is 18.9. The quantitative estimate of drug-likeness (QED) is 0.433. The third-order valence-electron chi connectivity index (χ3n) is 7.04. The molecule has 2 heterocycles. The summed E-state index contributed by atoms with van der Waals surface area (Å²) in [5.41, 5.74) is -7.33. The average Bonchev–Trinajstić information content (AvgIpc) is 2.86. The lowest BCUT2D eigenvalue weighted by atomic mass is 9.87. The molecule has 8 nitrogen and oxygen atoms in total. The molecule has 16 heteroatoms. The highest BCUT2D eigenvalue weighted by Gasteiger charge is 2.71. The topological polar surface area (TPSA) is 116 Å². The number of aliphatic hydroxyl groups is 1. The molecule has 2 aromatic carbocycles. The van der Waals surface area contributed by atoms with Gasteiger partial charge in [-0.15, -0.1) is 0 Å². The molecule has 1 unspecified atom stereocenters. The fourth-order valence-electron chi connectivity index (χ4n) is 4.99. The van der Waals surface area contributed by atoms with E-state index in [1.807, 2.05) is 0 Å². The van der Waals surface area contributed by atoms with Crippen LogP contribution in [-0.2, 0) is 31.6 Å². The van der Waals surface area contributed by atoms with Gasteiger partial charge in [0.25, 0.3) is 15.6 Å². The van der Waals surface area contributed by atoms with Gasteiger partial charge in [-0.1, -0.05) is 12.1 Å². The van der Waals surface area contributed by atoms with Crippen LogP contribution in [0.4, 0.5) is 36.4 Å². The Labute approximate surface area is 229 Å². The van der Waals surface area contributed by atoms with Gasteiger partial charge >= 0.3 is 12.4 Å². The number of amides is 2. The Kier molecular flexibility index (Phi) is 8.03. The van der Waals surface area contributed by atoms with Crippen LogP contribution in [0.15, 0.2) is 47.4 Å². The summed E-state index contributed by atoms with van der Waals surface area (Å²) in [5.74, 6) is -1.68. The van der Waals surface area contributed by atoms with E-state index < -0.39 is 68.7 Å². The van der Waals surface area contributed by atoms with E-state index in [0.29, 0.717) is 31.2 Å². The van der Waals surface area contributed by atoms with E-state index in [9.17, 15) is 53.8 Å². The lowest BCUT2D eigenvalue weighted by molar-refractivity contribution is -0.376. The number of sulfonamides is 1. The number of rotatable bonds is 6. The molecule has 0 aliphatic carbocycles. The minimum atomic E-state index is -6.15. The number of aryl methyl sites for hydroxylation is 1. The zero-order chi connectivity index (χ0) is 30.4. The van der Waals surface area contributed by atoms with Crippen LogP contribution >= 0.6 is 0 Å². The van der Waals surface area contributed by atoms with Crippen molar-refractivity contribution in [2.24, 2.45) is 0 Å². The minimum absolute atomic E-state index is 0.000922.